The quantitative estimate of drug-likeness (QED) is 0.798. The van der Waals surface area contributed by atoms with Crippen LogP contribution in [-0.4, -0.2) is 36.0 Å². The number of likely N-dealkylation sites (tertiary alicyclic amines) is 1. The first-order valence-corrected chi connectivity index (χ1v) is 9.94. The Kier molecular flexibility index (Phi) is 4.27. The monoisotopic (exact) mass is 340 g/mol. The van der Waals surface area contributed by atoms with E-state index in [1.807, 2.05) is 11.3 Å². The molecule has 1 fully saturated rings. The standard InChI is InChI=1S/C21H28N2S/c1-14(2)22(4)21-18-8-6-5-7-17(18)19-12-23(13-20(19)21)11-16-10-9-15(3)24-16/h5-10,14,19-21H,11-13H2,1-4H3/t19-,20-,21-/m0/s1. The SMILES string of the molecule is Cc1ccc(CN2C[C@H]3[C@@H](C2)c2ccccc2[C@@H]3N(C)C(C)C)s1. The minimum Gasteiger partial charge on any atom is -0.297 e. The lowest BCUT2D eigenvalue weighted by Crippen LogP contribution is -2.35. The summed E-state index contributed by atoms with van der Waals surface area (Å²) < 4.78 is 0. The van der Waals surface area contributed by atoms with Gasteiger partial charge in [0.25, 0.3) is 0 Å². The highest BCUT2D eigenvalue weighted by atomic mass is 32.1. The van der Waals surface area contributed by atoms with E-state index in [-0.39, 0.29) is 0 Å². The Hall–Kier alpha value is -1.16. The third kappa shape index (κ3) is 2.73. The molecule has 2 heterocycles. The van der Waals surface area contributed by atoms with Gasteiger partial charge in [-0.2, -0.15) is 0 Å². The fraction of sp³-hybridized carbons (Fsp3) is 0.524. The average molecular weight is 341 g/mol. The molecule has 2 aliphatic rings. The summed E-state index contributed by atoms with van der Waals surface area (Å²) in [6, 6.07) is 14.9. The molecule has 0 radical (unpaired) electrons. The highest BCUT2D eigenvalue weighted by molar-refractivity contribution is 7.11. The third-order valence-corrected chi connectivity index (χ3v) is 6.97. The van der Waals surface area contributed by atoms with Gasteiger partial charge >= 0.3 is 0 Å². The van der Waals surface area contributed by atoms with Crippen LogP contribution in [0.5, 0.6) is 0 Å². The molecule has 128 valence electrons. The van der Waals surface area contributed by atoms with Gasteiger partial charge in [-0.15, -0.1) is 11.3 Å². The molecule has 3 heteroatoms. The van der Waals surface area contributed by atoms with Gasteiger partial charge in [0.05, 0.1) is 0 Å². The van der Waals surface area contributed by atoms with Crippen LogP contribution in [0.3, 0.4) is 0 Å². The van der Waals surface area contributed by atoms with Crippen LogP contribution >= 0.6 is 11.3 Å². The molecule has 1 aliphatic carbocycles. The second kappa shape index (κ2) is 6.29. The molecular formula is C21H28N2S. The van der Waals surface area contributed by atoms with E-state index in [1.165, 1.54) is 22.8 Å². The zero-order valence-corrected chi connectivity index (χ0v) is 16.0. The summed E-state index contributed by atoms with van der Waals surface area (Å²) in [4.78, 5) is 8.20. The molecule has 4 rings (SSSR count). The molecule has 1 aliphatic heterocycles. The van der Waals surface area contributed by atoms with Gasteiger partial charge in [-0.05, 0) is 57.0 Å². The van der Waals surface area contributed by atoms with Crippen LogP contribution in [0.1, 0.15) is 46.7 Å². The van der Waals surface area contributed by atoms with E-state index < -0.39 is 0 Å². The lowest BCUT2D eigenvalue weighted by atomic mass is 9.93. The number of hydrogen-bond acceptors (Lipinski definition) is 3. The Labute approximate surface area is 150 Å². The van der Waals surface area contributed by atoms with Crippen LogP contribution in [0.25, 0.3) is 0 Å². The van der Waals surface area contributed by atoms with Gasteiger partial charge in [0, 0.05) is 47.4 Å². The summed E-state index contributed by atoms with van der Waals surface area (Å²) in [6.07, 6.45) is 0. The number of aryl methyl sites for hydroxylation is 1. The molecule has 0 N–H and O–H groups in total. The Morgan fingerprint density at radius 2 is 1.88 bits per heavy atom. The second-order valence-corrected chi connectivity index (χ2v) is 9.18. The molecule has 2 nitrogen and oxygen atoms in total. The molecule has 2 aromatic rings. The molecule has 0 bridgehead atoms. The van der Waals surface area contributed by atoms with Crippen LogP contribution in [0.2, 0.25) is 0 Å². The first kappa shape index (κ1) is 16.3. The van der Waals surface area contributed by atoms with Crippen molar-refractivity contribution in [1.29, 1.82) is 0 Å². The molecule has 0 amide bonds. The minimum atomic E-state index is 0.571. The number of nitrogens with zero attached hydrogens (tertiary/aromatic N) is 2. The number of hydrogen-bond donors (Lipinski definition) is 0. The van der Waals surface area contributed by atoms with Crippen LogP contribution in [0, 0.1) is 12.8 Å². The van der Waals surface area contributed by atoms with Crippen LogP contribution in [0.4, 0.5) is 0 Å². The summed E-state index contributed by atoms with van der Waals surface area (Å²) in [5.41, 5.74) is 3.18. The van der Waals surface area contributed by atoms with Crippen LogP contribution in [-0.2, 0) is 6.54 Å². The molecule has 3 atom stereocenters. The lowest BCUT2D eigenvalue weighted by Gasteiger charge is -2.33. The fourth-order valence-corrected chi connectivity index (χ4v) is 5.61. The van der Waals surface area contributed by atoms with Gasteiger partial charge in [0.1, 0.15) is 0 Å². The van der Waals surface area contributed by atoms with E-state index in [1.54, 1.807) is 11.1 Å². The summed E-state index contributed by atoms with van der Waals surface area (Å²) in [6.45, 7) is 10.4. The smallest absolute Gasteiger partial charge is 0.0397 e. The summed E-state index contributed by atoms with van der Waals surface area (Å²) in [5, 5.41) is 0. The zero-order chi connectivity index (χ0) is 16.8. The fourth-order valence-electron chi connectivity index (χ4n) is 4.67. The van der Waals surface area contributed by atoms with E-state index in [0.29, 0.717) is 18.0 Å². The Morgan fingerprint density at radius 1 is 1.12 bits per heavy atom. The van der Waals surface area contributed by atoms with E-state index in [4.69, 9.17) is 0 Å². The minimum absolute atomic E-state index is 0.571. The molecule has 0 spiro atoms. The predicted molar refractivity (Wildman–Crippen MR) is 103 cm³/mol. The van der Waals surface area contributed by atoms with Crippen molar-refractivity contribution in [3.05, 3.63) is 57.3 Å². The maximum Gasteiger partial charge on any atom is 0.0397 e. The van der Waals surface area contributed by atoms with Gasteiger partial charge in [0.15, 0.2) is 0 Å². The highest BCUT2D eigenvalue weighted by Crippen LogP contribution is 2.52. The Morgan fingerprint density at radius 3 is 2.54 bits per heavy atom. The number of benzene rings is 1. The van der Waals surface area contributed by atoms with Crippen molar-refractivity contribution in [3.8, 4) is 0 Å². The average Bonchev–Trinajstić information content (AvgIpc) is 3.21. The van der Waals surface area contributed by atoms with E-state index in [9.17, 15) is 0 Å². The van der Waals surface area contributed by atoms with Crippen molar-refractivity contribution < 1.29 is 0 Å². The predicted octanol–water partition coefficient (Wildman–Crippen LogP) is 4.67. The molecule has 24 heavy (non-hydrogen) atoms. The number of rotatable bonds is 4. The van der Waals surface area contributed by atoms with Crippen molar-refractivity contribution in [3.63, 3.8) is 0 Å². The normalized spacial score (nSPS) is 26.3. The Bertz CT molecular complexity index is 720. The zero-order valence-electron chi connectivity index (χ0n) is 15.2. The van der Waals surface area contributed by atoms with Gasteiger partial charge in [0.2, 0.25) is 0 Å². The van der Waals surface area contributed by atoms with Gasteiger partial charge < -0.3 is 0 Å². The molecule has 0 saturated carbocycles. The molecule has 1 aromatic carbocycles. The third-order valence-electron chi connectivity index (χ3n) is 5.99. The van der Waals surface area contributed by atoms with Crippen LogP contribution in [0.15, 0.2) is 36.4 Å². The number of fused-ring (bicyclic) bond motifs is 3. The van der Waals surface area contributed by atoms with E-state index in [2.05, 4.69) is 74.0 Å². The number of thiophene rings is 1. The van der Waals surface area contributed by atoms with Crippen molar-refractivity contribution >= 4 is 11.3 Å². The second-order valence-electron chi connectivity index (χ2n) is 7.81. The molecular weight excluding hydrogens is 312 g/mol. The largest absolute Gasteiger partial charge is 0.297 e. The Balaban J connectivity index is 1.59. The van der Waals surface area contributed by atoms with Crippen LogP contribution < -0.4 is 0 Å². The van der Waals surface area contributed by atoms with Crippen molar-refractivity contribution in [2.75, 3.05) is 20.1 Å². The topological polar surface area (TPSA) is 6.48 Å². The highest BCUT2D eigenvalue weighted by Gasteiger charge is 2.47. The first-order chi connectivity index (χ1) is 11.5. The maximum absolute atomic E-state index is 2.68. The summed E-state index contributed by atoms with van der Waals surface area (Å²) >= 11 is 1.95. The molecule has 0 unspecified atom stereocenters. The van der Waals surface area contributed by atoms with Gasteiger partial charge in [-0.25, -0.2) is 0 Å². The van der Waals surface area contributed by atoms with Gasteiger partial charge in [-0.3, -0.25) is 9.80 Å². The van der Waals surface area contributed by atoms with Crippen molar-refractivity contribution in [1.82, 2.24) is 9.80 Å². The summed E-state index contributed by atoms with van der Waals surface area (Å²) in [7, 11) is 2.31. The van der Waals surface area contributed by atoms with Crippen molar-refractivity contribution in [2.45, 2.75) is 45.3 Å². The summed E-state index contributed by atoms with van der Waals surface area (Å²) in [5.74, 6) is 1.43. The van der Waals surface area contributed by atoms with E-state index >= 15 is 0 Å². The first-order valence-electron chi connectivity index (χ1n) is 9.13. The molecule has 1 aromatic heterocycles. The maximum atomic E-state index is 2.68. The van der Waals surface area contributed by atoms with Crippen molar-refractivity contribution in [2.24, 2.45) is 5.92 Å². The van der Waals surface area contributed by atoms with Gasteiger partial charge in [-0.1, -0.05) is 24.3 Å². The lowest BCUT2D eigenvalue weighted by molar-refractivity contribution is 0.145. The molecule has 1 saturated heterocycles. The van der Waals surface area contributed by atoms with E-state index in [0.717, 1.165) is 12.5 Å².